The molecule has 1 fully saturated rings. The first-order chi connectivity index (χ1) is 10.7. The van der Waals surface area contributed by atoms with E-state index >= 15 is 0 Å². The van der Waals surface area contributed by atoms with Crippen LogP contribution in [0.4, 0.5) is 5.82 Å². The number of pyridine rings is 1. The highest BCUT2D eigenvalue weighted by atomic mass is 16.2. The molecule has 0 radical (unpaired) electrons. The molecule has 6 heteroatoms. The van der Waals surface area contributed by atoms with Crippen molar-refractivity contribution < 1.29 is 4.79 Å². The molecule has 0 aromatic carbocycles. The van der Waals surface area contributed by atoms with Gasteiger partial charge in [0.15, 0.2) is 0 Å². The van der Waals surface area contributed by atoms with E-state index in [1.54, 1.807) is 17.1 Å². The molecule has 0 unspecified atom stereocenters. The second-order valence-corrected chi connectivity index (χ2v) is 5.60. The first-order valence-corrected chi connectivity index (χ1v) is 7.71. The number of aromatic nitrogens is 3. The lowest BCUT2D eigenvalue weighted by Crippen LogP contribution is -2.30. The van der Waals surface area contributed by atoms with Gasteiger partial charge in [-0.3, -0.25) is 9.48 Å². The van der Waals surface area contributed by atoms with Gasteiger partial charge in [0, 0.05) is 38.2 Å². The van der Waals surface area contributed by atoms with E-state index in [2.05, 4.69) is 20.3 Å². The quantitative estimate of drug-likeness (QED) is 0.913. The highest BCUT2D eigenvalue weighted by Crippen LogP contribution is 2.17. The van der Waals surface area contributed by atoms with Crippen molar-refractivity contribution >= 4 is 11.7 Å². The van der Waals surface area contributed by atoms with Crippen LogP contribution >= 0.6 is 0 Å². The molecule has 0 saturated carbocycles. The SMILES string of the molecule is C[C@H](C(=O)NCc1ccc(N2CCCC2)nc1)n1cccn1. The van der Waals surface area contributed by atoms with Gasteiger partial charge in [-0.15, -0.1) is 0 Å². The van der Waals surface area contributed by atoms with Crippen LogP contribution in [-0.4, -0.2) is 33.8 Å². The molecule has 116 valence electrons. The van der Waals surface area contributed by atoms with Crippen LogP contribution in [0, 0.1) is 0 Å². The summed E-state index contributed by atoms with van der Waals surface area (Å²) in [6, 6.07) is 5.56. The Morgan fingerprint density at radius 1 is 1.36 bits per heavy atom. The third kappa shape index (κ3) is 3.27. The second-order valence-electron chi connectivity index (χ2n) is 5.60. The largest absolute Gasteiger partial charge is 0.357 e. The molecule has 1 aliphatic rings. The molecule has 1 aliphatic heterocycles. The Balaban J connectivity index is 1.53. The smallest absolute Gasteiger partial charge is 0.244 e. The standard InChI is InChI=1S/C16H21N5O/c1-13(21-10-4-7-19-21)16(22)18-12-14-5-6-15(17-11-14)20-8-2-3-9-20/h4-7,10-11,13H,2-3,8-9,12H2,1H3,(H,18,22)/t13-/m1/s1. The minimum Gasteiger partial charge on any atom is -0.357 e. The molecule has 1 saturated heterocycles. The number of nitrogens with zero attached hydrogens (tertiary/aromatic N) is 4. The lowest BCUT2D eigenvalue weighted by molar-refractivity contribution is -0.124. The normalized spacial score (nSPS) is 15.8. The molecule has 22 heavy (non-hydrogen) atoms. The lowest BCUT2D eigenvalue weighted by atomic mass is 10.2. The first kappa shape index (κ1) is 14.6. The molecule has 1 atom stereocenters. The molecule has 0 bridgehead atoms. The maximum Gasteiger partial charge on any atom is 0.244 e. The van der Waals surface area contributed by atoms with Crippen molar-refractivity contribution in [3.8, 4) is 0 Å². The van der Waals surface area contributed by atoms with Crippen LogP contribution in [0.1, 0.15) is 31.4 Å². The number of hydrogen-bond acceptors (Lipinski definition) is 4. The summed E-state index contributed by atoms with van der Waals surface area (Å²) in [7, 11) is 0. The van der Waals surface area contributed by atoms with Gasteiger partial charge in [0.25, 0.3) is 0 Å². The van der Waals surface area contributed by atoms with Crippen LogP contribution < -0.4 is 10.2 Å². The number of nitrogens with one attached hydrogen (secondary N) is 1. The predicted octanol–water partition coefficient (Wildman–Crippen LogP) is 1.76. The highest BCUT2D eigenvalue weighted by molar-refractivity contribution is 5.79. The fourth-order valence-corrected chi connectivity index (χ4v) is 2.62. The van der Waals surface area contributed by atoms with Crippen molar-refractivity contribution in [3.05, 3.63) is 42.4 Å². The number of hydrogen-bond donors (Lipinski definition) is 1. The summed E-state index contributed by atoms with van der Waals surface area (Å²) in [4.78, 5) is 18.9. The van der Waals surface area contributed by atoms with E-state index in [1.807, 2.05) is 31.3 Å². The van der Waals surface area contributed by atoms with Gasteiger partial charge < -0.3 is 10.2 Å². The topological polar surface area (TPSA) is 63.1 Å². The van der Waals surface area contributed by atoms with E-state index in [4.69, 9.17) is 0 Å². The van der Waals surface area contributed by atoms with Crippen LogP contribution in [0.25, 0.3) is 0 Å². The van der Waals surface area contributed by atoms with Gasteiger partial charge in [-0.05, 0) is 37.5 Å². The van der Waals surface area contributed by atoms with Crippen molar-refractivity contribution in [2.24, 2.45) is 0 Å². The second kappa shape index (κ2) is 6.60. The number of amides is 1. The maximum absolute atomic E-state index is 12.1. The summed E-state index contributed by atoms with van der Waals surface area (Å²) < 4.78 is 1.64. The maximum atomic E-state index is 12.1. The molecule has 2 aromatic heterocycles. The van der Waals surface area contributed by atoms with Crippen LogP contribution in [0.2, 0.25) is 0 Å². The van der Waals surface area contributed by atoms with E-state index in [0.717, 1.165) is 24.5 Å². The average molecular weight is 299 g/mol. The van der Waals surface area contributed by atoms with E-state index in [-0.39, 0.29) is 11.9 Å². The van der Waals surface area contributed by atoms with Gasteiger partial charge in [0.05, 0.1) is 0 Å². The zero-order chi connectivity index (χ0) is 15.4. The zero-order valence-corrected chi connectivity index (χ0v) is 12.8. The van der Waals surface area contributed by atoms with Crippen LogP contribution in [-0.2, 0) is 11.3 Å². The van der Waals surface area contributed by atoms with Gasteiger partial charge in [-0.25, -0.2) is 4.98 Å². The lowest BCUT2D eigenvalue weighted by Gasteiger charge is -2.16. The van der Waals surface area contributed by atoms with Crippen LogP contribution in [0.15, 0.2) is 36.8 Å². The van der Waals surface area contributed by atoms with E-state index in [1.165, 1.54) is 12.8 Å². The van der Waals surface area contributed by atoms with Gasteiger partial charge in [-0.2, -0.15) is 5.10 Å². The summed E-state index contributed by atoms with van der Waals surface area (Å²) >= 11 is 0. The Labute approximate surface area is 130 Å². The van der Waals surface area contributed by atoms with E-state index < -0.39 is 0 Å². The summed E-state index contributed by atoms with van der Waals surface area (Å²) in [6.45, 7) is 4.49. The molecule has 0 spiro atoms. The Bertz CT molecular complexity index is 602. The van der Waals surface area contributed by atoms with Gasteiger partial charge >= 0.3 is 0 Å². The molecular formula is C16H21N5O. The Morgan fingerprint density at radius 3 is 2.82 bits per heavy atom. The third-order valence-electron chi connectivity index (χ3n) is 4.01. The summed E-state index contributed by atoms with van der Waals surface area (Å²) in [5, 5.41) is 7.01. The Hall–Kier alpha value is -2.37. The van der Waals surface area contributed by atoms with Gasteiger partial charge in [0.2, 0.25) is 5.91 Å². The average Bonchev–Trinajstić information content (AvgIpc) is 3.25. The predicted molar refractivity (Wildman–Crippen MR) is 84.5 cm³/mol. The van der Waals surface area contributed by atoms with E-state index in [9.17, 15) is 4.79 Å². The van der Waals surface area contributed by atoms with Gasteiger partial charge in [-0.1, -0.05) is 6.07 Å². The van der Waals surface area contributed by atoms with Crippen molar-refractivity contribution in [3.63, 3.8) is 0 Å². The number of rotatable bonds is 5. The summed E-state index contributed by atoms with van der Waals surface area (Å²) in [6.07, 6.45) is 7.78. The van der Waals surface area contributed by atoms with Gasteiger partial charge in [0.1, 0.15) is 11.9 Å². The number of carbonyl (C=O) groups excluding carboxylic acids is 1. The van der Waals surface area contributed by atoms with Crippen molar-refractivity contribution in [2.45, 2.75) is 32.4 Å². The fourth-order valence-electron chi connectivity index (χ4n) is 2.62. The molecule has 1 N–H and O–H groups in total. The molecular weight excluding hydrogens is 278 g/mol. The van der Waals surface area contributed by atoms with E-state index in [0.29, 0.717) is 6.54 Å². The first-order valence-electron chi connectivity index (χ1n) is 7.71. The zero-order valence-electron chi connectivity index (χ0n) is 12.8. The molecule has 0 aliphatic carbocycles. The molecule has 3 rings (SSSR count). The van der Waals surface area contributed by atoms with Crippen LogP contribution in [0.3, 0.4) is 0 Å². The molecule has 2 aromatic rings. The van der Waals surface area contributed by atoms with Crippen molar-refractivity contribution in [1.82, 2.24) is 20.1 Å². The van der Waals surface area contributed by atoms with Crippen molar-refractivity contribution in [1.29, 1.82) is 0 Å². The monoisotopic (exact) mass is 299 g/mol. The minimum absolute atomic E-state index is 0.0488. The molecule has 3 heterocycles. The minimum atomic E-state index is -0.313. The Kier molecular flexibility index (Phi) is 4.37. The summed E-state index contributed by atoms with van der Waals surface area (Å²) in [5.41, 5.74) is 1.00. The number of carbonyl (C=O) groups is 1. The van der Waals surface area contributed by atoms with Crippen molar-refractivity contribution in [2.75, 3.05) is 18.0 Å². The fraction of sp³-hybridized carbons (Fsp3) is 0.438. The molecule has 6 nitrogen and oxygen atoms in total. The third-order valence-corrected chi connectivity index (χ3v) is 4.01. The highest BCUT2D eigenvalue weighted by Gasteiger charge is 2.15. The van der Waals surface area contributed by atoms with Crippen LogP contribution in [0.5, 0.6) is 0 Å². The summed E-state index contributed by atoms with van der Waals surface area (Å²) in [5.74, 6) is 0.977. The Morgan fingerprint density at radius 2 is 2.18 bits per heavy atom. The number of anilines is 1. The molecule has 1 amide bonds.